The Morgan fingerprint density at radius 2 is 1.69 bits per heavy atom. The first-order chi connectivity index (χ1) is 15.5. The van der Waals surface area contributed by atoms with E-state index in [1.807, 2.05) is 24.3 Å². The summed E-state index contributed by atoms with van der Waals surface area (Å²) in [6.07, 6.45) is 2.83. The van der Waals surface area contributed by atoms with Crippen molar-refractivity contribution >= 4 is 21.1 Å². The van der Waals surface area contributed by atoms with E-state index in [4.69, 9.17) is 0 Å². The third-order valence-corrected chi connectivity index (χ3v) is 7.80. The minimum Gasteiger partial charge on any atom is -0.382 e. The molecule has 0 bridgehead atoms. The van der Waals surface area contributed by atoms with Crippen molar-refractivity contribution < 1.29 is 13.5 Å². The average molecular weight is 448 g/mol. The van der Waals surface area contributed by atoms with Crippen LogP contribution in [0, 0.1) is 0 Å². The highest BCUT2D eigenvalue weighted by atomic mass is 32.2. The summed E-state index contributed by atoms with van der Waals surface area (Å²) in [5.41, 5.74) is 0.555. The highest BCUT2D eigenvalue weighted by molar-refractivity contribution is 7.90. The molecule has 7 heteroatoms. The van der Waals surface area contributed by atoms with Crippen LogP contribution in [0.25, 0.3) is 11.0 Å². The van der Waals surface area contributed by atoms with Gasteiger partial charge in [0.15, 0.2) is 5.65 Å². The Hall–Kier alpha value is -3.00. The zero-order valence-electron chi connectivity index (χ0n) is 17.6. The van der Waals surface area contributed by atoms with Gasteiger partial charge in [-0.15, -0.1) is 0 Å². The lowest BCUT2D eigenvalue weighted by Crippen LogP contribution is -2.47. The number of likely N-dealkylation sites (tertiary alicyclic amines) is 1. The van der Waals surface area contributed by atoms with Crippen LogP contribution in [-0.4, -0.2) is 40.5 Å². The van der Waals surface area contributed by atoms with Crippen LogP contribution in [0.2, 0.25) is 0 Å². The lowest BCUT2D eigenvalue weighted by Gasteiger charge is -2.39. The number of fused-ring (bicyclic) bond motifs is 1. The Balaban J connectivity index is 1.60. The number of nitrogens with zero attached hydrogens (tertiary/aromatic N) is 3. The number of aliphatic hydroxyl groups is 1. The number of β-amino-alcohol motifs (C(OH)–C–C–N with tert-alkyl or cyclic N) is 1. The molecule has 1 atom stereocenters. The van der Waals surface area contributed by atoms with Crippen LogP contribution in [0.4, 0.5) is 0 Å². The second-order valence-electron chi connectivity index (χ2n) is 8.36. The number of hydrogen-bond acceptors (Lipinski definition) is 5. The summed E-state index contributed by atoms with van der Waals surface area (Å²) in [4.78, 5) is 6.72. The summed E-state index contributed by atoms with van der Waals surface area (Å²) in [5, 5.41) is 12.5. The van der Waals surface area contributed by atoms with E-state index in [2.05, 4.69) is 22.0 Å². The maximum Gasteiger partial charge on any atom is 0.269 e. The van der Waals surface area contributed by atoms with E-state index in [1.54, 1.807) is 48.7 Å². The number of rotatable bonds is 5. The van der Waals surface area contributed by atoms with Gasteiger partial charge in [0, 0.05) is 24.7 Å². The number of aromatic nitrogens is 2. The first kappa shape index (κ1) is 20.9. The van der Waals surface area contributed by atoms with E-state index < -0.39 is 15.6 Å². The Kier molecular flexibility index (Phi) is 5.33. The molecular formula is C25H25N3O3S. The fourth-order valence-electron chi connectivity index (χ4n) is 4.59. The average Bonchev–Trinajstić information content (AvgIpc) is 3.22. The van der Waals surface area contributed by atoms with Crippen molar-refractivity contribution in [3.8, 4) is 0 Å². The second-order valence-corrected chi connectivity index (χ2v) is 10.1. The molecule has 6 nitrogen and oxygen atoms in total. The molecule has 1 aliphatic heterocycles. The van der Waals surface area contributed by atoms with E-state index >= 15 is 0 Å². The third-order valence-electron chi connectivity index (χ3n) is 6.08. The topological polar surface area (TPSA) is 75.4 Å². The first-order valence-corrected chi connectivity index (χ1v) is 12.2. The number of benzene rings is 2. The number of piperidine rings is 1. The van der Waals surface area contributed by atoms with Gasteiger partial charge in [-0.25, -0.2) is 17.4 Å². The number of hydrogen-bond donors (Lipinski definition) is 1. The highest BCUT2D eigenvalue weighted by Gasteiger charge is 2.40. The molecule has 0 spiro atoms. The molecule has 1 aliphatic rings. The third kappa shape index (κ3) is 3.72. The Bertz CT molecular complexity index is 1340. The van der Waals surface area contributed by atoms with Gasteiger partial charge in [0.2, 0.25) is 0 Å². The maximum absolute atomic E-state index is 13.7. The van der Waals surface area contributed by atoms with Gasteiger partial charge in [-0.3, -0.25) is 4.90 Å². The second kappa shape index (κ2) is 8.16. The minimum absolute atomic E-state index is 0.171. The van der Waals surface area contributed by atoms with Crippen LogP contribution in [0.1, 0.15) is 24.1 Å². The molecule has 32 heavy (non-hydrogen) atoms. The Morgan fingerprint density at radius 1 is 0.969 bits per heavy atom. The smallest absolute Gasteiger partial charge is 0.269 e. The maximum atomic E-state index is 13.7. The molecule has 3 heterocycles. The lowest BCUT2D eigenvalue weighted by molar-refractivity contribution is -0.0416. The predicted octanol–water partition coefficient (Wildman–Crippen LogP) is 3.76. The van der Waals surface area contributed by atoms with Crippen LogP contribution in [0.3, 0.4) is 0 Å². The molecule has 2 aromatic carbocycles. The molecule has 0 radical (unpaired) electrons. The molecule has 164 valence electrons. The summed E-state index contributed by atoms with van der Waals surface area (Å²) < 4.78 is 28.6. The largest absolute Gasteiger partial charge is 0.382 e. The fraction of sp³-hybridized carbons (Fsp3) is 0.240. The van der Waals surface area contributed by atoms with Gasteiger partial charge < -0.3 is 5.11 Å². The van der Waals surface area contributed by atoms with Crippen molar-refractivity contribution in [3.63, 3.8) is 0 Å². The molecule has 2 aromatic heterocycles. The fourth-order valence-corrected chi connectivity index (χ4v) is 6.16. The van der Waals surface area contributed by atoms with Crippen LogP contribution in [0.5, 0.6) is 0 Å². The van der Waals surface area contributed by atoms with E-state index in [1.165, 1.54) is 3.97 Å². The van der Waals surface area contributed by atoms with Gasteiger partial charge in [-0.1, -0.05) is 48.5 Å². The van der Waals surface area contributed by atoms with Crippen LogP contribution in [-0.2, 0) is 22.2 Å². The zero-order valence-corrected chi connectivity index (χ0v) is 18.4. The van der Waals surface area contributed by atoms with Crippen molar-refractivity contribution in [2.75, 3.05) is 13.1 Å². The molecule has 1 unspecified atom stereocenters. The van der Waals surface area contributed by atoms with Crippen LogP contribution >= 0.6 is 0 Å². The Labute approximate surface area is 187 Å². The zero-order chi connectivity index (χ0) is 22.2. The summed E-state index contributed by atoms with van der Waals surface area (Å²) in [5.74, 6) is 0. The van der Waals surface area contributed by atoms with E-state index in [9.17, 15) is 13.5 Å². The molecule has 5 rings (SSSR count). The summed E-state index contributed by atoms with van der Waals surface area (Å²) >= 11 is 0. The van der Waals surface area contributed by atoms with E-state index in [0.29, 0.717) is 36.2 Å². The van der Waals surface area contributed by atoms with Gasteiger partial charge in [0.25, 0.3) is 10.0 Å². The summed E-state index contributed by atoms with van der Waals surface area (Å²) in [6, 6.07) is 23.8. The standard InChI is InChI=1S/C25H25N3O3S/c29-25(14-8-16-27(19-25)18-20-9-3-1-4-10-20)23-17-21-11-7-15-26-24(21)28(23)32(30,31)22-12-5-2-6-13-22/h1-7,9-13,15,17,29H,8,14,16,18-19H2. The van der Waals surface area contributed by atoms with Crippen molar-refractivity contribution in [1.29, 1.82) is 0 Å². The summed E-state index contributed by atoms with van der Waals surface area (Å²) in [6.45, 7) is 1.90. The highest BCUT2D eigenvalue weighted by Crippen LogP contribution is 2.37. The summed E-state index contributed by atoms with van der Waals surface area (Å²) in [7, 11) is -3.94. The monoisotopic (exact) mass is 447 g/mol. The Morgan fingerprint density at radius 3 is 2.44 bits per heavy atom. The SMILES string of the molecule is O=S(=O)(c1ccccc1)n1c(C2(O)CCCN(Cc3ccccc3)C2)cc2cccnc21. The quantitative estimate of drug-likeness (QED) is 0.504. The lowest BCUT2D eigenvalue weighted by atomic mass is 9.89. The molecule has 1 N–H and O–H groups in total. The predicted molar refractivity (Wildman–Crippen MR) is 124 cm³/mol. The van der Waals surface area contributed by atoms with Gasteiger partial charge in [0.1, 0.15) is 5.60 Å². The molecule has 0 aliphatic carbocycles. The molecule has 0 amide bonds. The number of pyridine rings is 1. The van der Waals surface area contributed by atoms with Gasteiger partial charge >= 0.3 is 0 Å². The molecular weight excluding hydrogens is 422 g/mol. The molecule has 0 saturated carbocycles. The normalized spacial score (nSPS) is 19.9. The van der Waals surface area contributed by atoms with E-state index in [-0.39, 0.29) is 4.90 Å². The molecule has 1 saturated heterocycles. The van der Waals surface area contributed by atoms with Crippen molar-refractivity contribution in [2.45, 2.75) is 29.9 Å². The van der Waals surface area contributed by atoms with Gasteiger partial charge in [0.05, 0.1) is 10.6 Å². The minimum atomic E-state index is -3.94. The van der Waals surface area contributed by atoms with Crippen molar-refractivity contribution in [1.82, 2.24) is 13.9 Å². The first-order valence-electron chi connectivity index (χ1n) is 10.7. The van der Waals surface area contributed by atoms with E-state index in [0.717, 1.165) is 18.5 Å². The molecule has 4 aromatic rings. The van der Waals surface area contributed by atoms with Crippen LogP contribution in [0.15, 0.2) is 90.0 Å². The van der Waals surface area contributed by atoms with Gasteiger partial charge in [-0.2, -0.15) is 0 Å². The van der Waals surface area contributed by atoms with Crippen molar-refractivity contribution in [3.05, 3.63) is 96.3 Å². The molecule has 1 fully saturated rings. The van der Waals surface area contributed by atoms with Crippen molar-refractivity contribution in [2.24, 2.45) is 0 Å². The van der Waals surface area contributed by atoms with Gasteiger partial charge in [-0.05, 0) is 55.3 Å². The van der Waals surface area contributed by atoms with Crippen LogP contribution < -0.4 is 0 Å².